The van der Waals surface area contributed by atoms with Crippen molar-refractivity contribution in [3.05, 3.63) is 47.5 Å². The Hall–Kier alpha value is -2.34. The molecule has 1 heterocycles. The summed E-state index contributed by atoms with van der Waals surface area (Å²) in [6.07, 6.45) is 0. The predicted molar refractivity (Wildman–Crippen MR) is 62.7 cm³/mol. The Morgan fingerprint density at radius 1 is 1.18 bits per heavy atom. The third-order valence-electron chi connectivity index (χ3n) is 3.02. The van der Waals surface area contributed by atoms with Gasteiger partial charge in [0.25, 0.3) is 11.8 Å². The molecule has 0 radical (unpaired) electrons. The molecule has 82 valence electrons. The van der Waals surface area contributed by atoms with Crippen molar-refractivity contribution in [3.63, 3.8) is 0 Å². The highest BCUT2D eigenvalue weighted by Gasteiger charge is 2.31. The Bertz CT molecular complexity index is 595. The second-order valence-electron chi connectivity index (χ2n) is 3.91. The highest BCUT2D eigenvalue weighted by Crippen LogP contribution is 2.28. The molecule has 0 aromatic heterocycles. The van der Waals surface area contributed by atoms with Crippen LogP contribution in [-0.4, -0.2) is 23.3 Å². The zero-order chi connectivity index (χ0) is 12.0. The predicted octanol–water partition coefficient (Wildman–Crippen LogP) is 2.06. The molecule has 2 aromatic rings. The van der Waals surface area contributed by atoms with Gasteiger partial charge in [-0.3, -0.25) is 14.5 Å². The van der Waals surface area contributed by atoms with Crippen LogP contribution in [0.25, 0.3) is 10.8 Å². The highest BCUT2D eigenvalue weighted by atomic mass is 16.2. The molecule has 0 saturated carbocycles. The summed E-state index contributed by atoms with van der Waals surface area (Å²) in [6, 6.07) is 12.7. The van der Waals surface area contributed by atoms with Gasteiger partial charge in [0.15, 0.2) is 0 Å². The van der Waals surface area contributed by atoms with E-state index in [1.807, 2.05) is 6.07 Å². The molecule has 1 aliphatic rings. The standard InChI is InChI=1S/C14H9NO2/c1-2-15-13(16)10-7-3-5-9-6-4-8-11(12(9)10)14(15)17/h3,5,7-8H,2H2,1H3. The summed E-state index contributed by atoms with van der Waals surface area (Å²) in [5, 5.41) is 1.46. The molecule has 0 aliphatic carbocycles. The lowest BCUT2D eigenvalue weighted by Gasteiger charge is -2.25. The number of nitrogens with zero attached hydrogens (tertiary/aromatic N) is 1. The number of imide groups is 1. The van der Waals surface area contributed by atoms with E-state index in [-0.39, 0.29) is 11.8 Å². The van der Waals surface area contributed by atoms with E-state index in [9.17, 15) is 9.59 Å². The van der Waals surface area contributed by atoms with Crippen LogP contribution in [0.3, 0.4) is 0 Å². The molecule has 3 nitrogen and oxygen atoms in total. The Morgan fingerprint density at radius 3 is 2.71 bits per heavy atom. The lowest BCUT2D eigenvalue weighted by atomic mass is 9.95. The summed E-state index contributed by atoms with van der Waals surface area (Å²) in [6.45, 7) is 2.17. The van der Waals surface area contributed by atoms with E-state index in [4.69, 9.17) is 0 Å². The normalized spacial score (nSPS) is 14.1. The Labute approximate surface area is 98.6 Å². The van der Waals surface area contributed by atoms with Crippen LogP contribution in [0.5, 0.6) is 0 Å². The third-order valence-corrected chi connectivity index (χ3v) is 3.02. The number of carbonyl (C=O) groups is 2. The van der Waals surface area contributed by atoms with E-state index in [2.05, 4.69) is 12.1 Å². The lowest BCUT2D eigenvalue weighted by molar-refractivity contribution is 0.0619. The Kier molecular flexibility index (Phi) is 1.93. The summed E-state index contributed by atoms with van der Waals surface area (Å²) in [7, 11) is 0. The zero-order valence-electron chi connectivity index (χ0n) is 9.28. The van der Waals surface area contributed by atoms with Gasteiger partial charge in [0.1, 0.15) is 0 Å². The average Bonchev–Trinajstić information content (AvgIpc) is 2.36. The van der Waals surface area contributed by atoms with Crippen LogP contribution in [0.2, 0.25) is 0 Å². The minimum atomic E-state index is -0.244. The SMILES string of the molecule is CCN1C(=O)c2cc#cc3cccc(c23)C1=O. The van der Waals surface area contributed by atoms with E-state index in [0.717, 1.165) is 5.39 Å². The van der Waals surface area contributed by atoms with Crippen molar-refractivity contribution in [3.8, 4) is 0 Å². The van der Waals surface area contributed by atoms with Gasteiger partial charge in [0, 0.05) is 28.9 Å². The molecule has 0 N–H and O–H groups in total. The van der Waals surface area contributed by atoms with Gasteiger partial charge in [-0.2, -0.15) is 0 Å². The first-order chi connectivity index (χ1) is 8.24. The van der Waals surface area contributed by atoms with Crippen molar-refractivity contribution in [1.29, 1.82) is 0 Å². The number of amides is 2. The number of benzene rings is 1. The fourth-order valence-corrected chi connectivity index (χ4v) is 2.22. The monoisotopic (exact) mass is 223 g/mol. The van der Waals surface area contributed by atoms with Crippen LogP contribution in [0.15, 0.2) is 24.3 Å². The molecule has 0 spiro atoms. The second-order valence-corrected chi connectivity index (χ2v) is 3.91. The Morgan fingerprint density at radius 2 is 1.94 bits per heavy atom. The van der Waals surface area contributed by atoms with E-state index in [1.54, 1.807) is 25.1 Å². The van der Waals surface area contributed by atoms with Crippen molar-refractivity contribution in [2.45, 2.75) is 6.92 Å². The van der Waals surface area contributed by atoms with Gasteiger partial charge in [0.2, 0.25) is 0 Å². The minimum Gasteiger partial charge on any atom is -0.275 e. The van der Waals surface area contributed by atoms with Crippen molar-refractivity contribution in [1.82, 2.24) is 4.90 Å². The fourth-order valence-electron chi connectivity index (χ4n) is 2.22. The first-order valence-corrected chi connectivity index (χ1v) is 5.45. The van der Waals surface area contributed by atoms with Crippen LogP contribution in [0.4, 0.5) is 0 Å². The smallest absolute Gasteiger partial charge is 0.262 e. The van der Waals surface area contributed by atoms with Gasteiger partial charge in [-0.05, 0) is 19.1 Å². The molecule has 1 aliphatic heterocycles. The van der Waals surface area contributed by atoms with Crippen molar-refractivity contribution in [2.24, 2.45) is 0 Å². The maximum absolute atomic E-state index is 12.1. The van der Waals surface area contributed by atoms with Crippen LogP contribution in [-0.2, 0) is 0 Å². The number of hydrogen-bond donors (Lipinski definition) is 0. The maximum atomic E-state index is 12.1. The summed E-state index contributed by atoms with van der Waals surface area (Å²) in [5.41, 5.74) is 1.11. The van der Waals surface area contributed by atoms with Gasteiger partial charge in [-0.15, -0.1) is 0 Å². The van der Waals surface area contributed by atoms with Crippen LogP contribution >= 0.6 is 0 Å². The highest BCUT2D eigenvalue weighted by molar-refractivity contribution is 6.25. The van der Waals surface area contributed by atoms with Gasteiger partial charge >= 0.3 is 0 Å². The van der Waals surface area contributed by atoms with Gasteiger partial charge in [0.05, 0.1) is 5.56 Å². The van der Waals surface area contributed by atoms with Crippen molar-refractivity contribution in [2.75, 3.05) is 6.54 Å². The minimum absolute atomic E-state index is 0.227. The van der Waals surface area contributed by atoms with Crippen LogP contribution in [0, 0.1) is 12.1 Å². The summed E-state index contributed by atoms with van der Waals surface area (Å²) >= 11 is 0. The summed E-state index contributed by atoms with van der Waals surface area (Å²) in [5.74, 6) is -0.471. The van der Waals surface area contributed by atoms with Crippen LogP contribution in [0.1, 0.15) is 27.6 Å². The maximum Gasteiger partial charge on any atom is 0.262 e. The second kappa shape index (κ2) is 3.33. The molecule has 17 heavy (non-hydrogen) atoms. The molecule has 0 atom stereocenters. The summed E-state index contributed by atoms with van der Waals surface area (Å²) < 4.78 is 0. The molecular weight excluding hydrogens is 214 g/mol. The number of rotatable bonds is 1. The van der Waals surface area contributed by atoms with E-state index < -0.39 is 0 Å². The third kappa shape index (κ3) is 1.18. The number of hydrogen-bond acceptors (Lipinski definition) is 2. The van der Waals surface area contributed by atoms with Gasteiger partial charge < -0.3 is 0 Å². The van der Waals surface area contributed by atoms with Gasteiger partial charge in [-0.1, -0.05) is 18.2 Å². The molecule has 0 fully saturated rings. The first-order valence-electron chi connectivity index (χ1n) is 5.45. The summed E-state index contributed by atoms with van der Waals surface area (Å²) in [4.78, 5) is 25.5. The van der Waals surface area contributed by atoms with E-state index >= 15 is 0 Å². The van der Waals surface area contributed by atoms with Crippen molar-refractivity contribution >= 4 is 22.6 Å². The molecule has 2 amide bonds. The fraction of sp³-hybridized carbons (Fsp3) is 0.143. The quantitative estimate of drug-likeness (QED) is 0.694. The Balaban J connectivity index is 2.43. The molecular formula is C14H9NO2. The zero-order valence-corrected chi connectivity index (χ0v) is 9.28. The van der Waals surface area contributed by atoms with Crippen molar-refractivity contribution < 1.29 is 9.59 Å². The average molecular weight is 223 g/mol. The molecule has 0 unspecified atom stereocenters. The van der Waals surface area contributed by atoms with Gasteiger partial charge in [-0.25, -0.2) is 0 Å². The van der Waals surface area contributed by atoms with E-state index in [0.29, 0.717) is 23.1 Å². The van der Waals surface area contributed by atoms with Crippen LogP contribution < -0.4 is 0 Å². The molecule has 3 heteroatoms. The lowest BCUT2D eigenvalue weighted by Crippen LogP contribution is -2.39. The largest absolute Gasteiger partial charge is 0.275 e. The molecule has 3 rings (SSSR count). The first kappa shape index (κ1) is 9.86. The number of carbonyl (C=O) groups excluding carboxylic acids is 2. The topological polar surface area (TPSA) is 37.4 Å². The van der Waals surface area contributed by atoms with E-state index in [1.165, 1.54) is 4.90 Å². The molecule has 2 aromatic carbocycles. The molecule has 0 bridgehead atoms. The molecule has 0 saturated heterocycles.